The van der Waals surface area contributed by atoms with Crippen molar-refractivity contribution < 1.29 is 4.79 Å². The Hall–Kier alpha value is -1.71. The van der Waals surface area contributed by atoms with E-state index in [1.165, 1.54) is 0 Å². The Morgan fingerprint density at radius 2 is 1.94 bits per heavy atom. The van der Waals surface area contributed by atoms with Crippen molar-refractivity contribution in [3.05, 3.63) is 23.8 Å². The molecule has 0 aromatic heterocycles. The number of rotatable bonds is 6. The zero-order valence-corrected chi connectivity index (χ0v) is 11.4. The van der Waals surface area contributed by atoms with E-state index in [9.17, 15) is 4.79 Å². The number of primary amides is 1. The van der Waals surface area contributed by atoms with Gasteiger partial charge in [-0.2, -0.15) is 0 Å². The fourth-order valence-corrected chi connectivity index (χ4v) is 1.83. The standard InChI is InChI=1S/C14H23N3O/c1-9(2)7-8-10(3)17-12-6-4-5-11(13(12)15)14(16)18/h4-6,9-10,17H,7-8,15H2,1-3H3,(H2,16,18). The van der Waals surface area contributed by atoms with Gasteiger partial charge in [-0.15, -0.1) is 0 Å². The summed E-state index contributed by atoms with van der Waals surface area (Å²) in [4.78, 5) is 11.2. The van der Waals surface area contributed by atoms with Gasteiger partial charge in [0.25, 0.3) is 5.91 Å². The summed E-state index contributed by atoms with van der Waals surface area (Å²) in [6.07, 6.45) is 2.22. The van der Waals surface area contributed by atoms with Crippen molar-refractivity contribution in [2.45, 2.75) is 39.7 Å². The zero-order chi connectivity index (χ0) is 13.7. The van der Waals surface area contributed by atoms with E-state index in [4.69, 9.17) is 11.5 Å². The molecule has 1 aromatic carbocycles. The molecule has 1 unspecified atom stereocenters. The minimum Gasteiger partial charge on any atom is -0.396 e. The molecule has 1 aromatic rings. The van der Waals surface area contributed by atoms with E-state index in [0.717, 1.165) is 18.5 Å². The van der Waals surface area contributed by atoms with Gasteiger partial charge in [0.15, 0.2) is 0 Å². The molecule has 0 saturated heterocycles. The van der Waals surface area contributed by atoms with Crippen molar-refractivity contribution in [2.24, 2.45) is 11.7 Å². The van der Waals surface area contributed by atoms with Crippen LogP contribution in [0.2, 0.25) is 0 Å². The molecular formula is C14H23N3O. The lowest BCUT2D eigenvalue weighted by Crippen LogP contribution is -2.19. The maximum atomic E-state index is 11.2. The van der Waals surface area contributed by atoms with Gasteiger partial charge in [-0.05, 0) is 37.8 Å². The van der Waals surface area contributed by atoms with E-state index in [-0.39, 0.29) is 0 Å². The molecule has 4 heteroatoms. The molecule has 0 fully saturated rings. The average molecular weight is 249 g/mol. The Labute approximate surface area is 109 Å². The minimum atomic E-state index is -0.494. The normalized spacial score (nSPS) is 12.4. The number of para-hydroxylation sites is 1. The Balaban J connectivity index is 2.73. The van der Waals surface area contributed by atoms with E-state index < -0.39 is 5.91 Å². The van der Waals surface area contributed by atoms with E-state index >= 15 is 0 Å². The number of nitrogen functional groups attached to an aromatic ring is 1. The summed E-state index contributed by atoms with van der Waals surface area (Å²) in [6, 6.07) is 5.61. The summed E-state index contributed by atoms with van der Waals surface area (Å²) < 4.78 is 0. The van der Waals surface area contributed by atoms with E-state index in [0.29, 0.717) is 23.2 Å². The van der Waals surface area contributed by atoms with Crippen LogP contribution in [0, 0.1) is 5.92 Å². The summed E-state index contributed by atoms with van der Waals surface area (Å²) in [5.74, 6) is 0.189. The molecule has 1 amide bonds. The summed E-state index contributed by atoms with van der Waals surface area (Å²) in [6.45, 7) is 6.52. The lowest BCUT2D eigenvalue weighted by molar-refractivity contribution is 0.100. The van der Waals surface area contributed by atoms with Crippen LogP contribution in [0.5, 0.6) is 0 Å². The summed E-state index contributed by atoms with van der Waals surface area (Å²) in [5.41, 5.74) is 12.8. The van der Waals surface area contributed by atoms with Crippen LogP contribution in [0.4, 0.5) is 11.4 Å². The quantitative estimate of drug-likeness (QED) is 0.678. The first-order valence-electron chi connectivity index (χ1n) is 6.36. The Bertz CT molecular complexity index is 416. The van der Waals surface area contributed by atoms with Crippen molar-refractivity contribution in [1.82, 2.24) is 0 Å². The molecule has 0 spiro atoms. The predicted octanol–water partition coefficient (Wildman–Crippen LogP) is 2.60. The maximum absolute atomic E-state index is 11.2. The summed E-state index contributed by atoms with van der Waals surface area (Å²) in [7, 11) is 0. The van der Waals surface area contributed by atoms with Crippen LogP contribution in [-0.4, -0.2) is 11.9 Å². The lowest BCUT2D eigenvalue weighted by Gasteiger charge is -2.18. The van der Waals surface area contributed by atoms with Gasteiger partial charge in [0.05, 0.1) is 16.9 Å². The second-order valence-corrected chi connectivity index (χ2v) is 5.15. The first-order chi connectivity index (χ1) is 8.41. The number of carbonyl (C=O) groups is 1. The molecule has 0 saturated carbocycles. The highest BCUT2D eigenvalue weighted by molar-refractivity contribution is 6.00. The number of carbonyl (C=O) groups excluding carboxylic acids is 1. The average Bonchev–Trinajstić information content (AvgIpc) is 2.29. The van der Waals surface area contributed by atoms with Crippen LogP contribution in [0.25, 0.3) is 0 Å². The van der Waals surface area contributed by atoms with Crippen molar-refractivity contribution >= 4 is 17.3 Å². The molecule has 0 aliphatic heterocycles. The Kier molecular flexibility index (Phi) is 5.01. The third kappa shape index (κ3) is 3.95. The van der Waals surface area contributed by atoms with Crippen molar-refractivity contribution in [3.63, 3.8) is 0 Å². The largest absolute Gasteiger partial charge is 0.396 e. The highest BCUT2D eigenvalue weighted by Gasteiger charge is 2.11. The van der Waals surface area contributed by atoms with Crippen molar-refractivity contribution in [2.75, 3.05) is 11.1 Å². The van der Waals surface area contributed by atoms with Crippen LogP contribution in [-0.2, 0) is 0 Å². The summed E-state index contributed by atoms with van der Waals surface area (Å²) >= 11 is 0. The van der Waals surface area contributed by atoms with Gasteiger partial charge in [-0.25, -0.2) is 0 Å². The number of nitrogens with two attached hydrogens (primary N) is 2. The van der Waals surface area contributed by atoms with Crippen molar-refractivity contribution in [1.29, 1.82) is 0 Å². The number of benzene rings is 1. The van der Waals surface area contributed by atoms with Gasteiger partial charge < -0.3 is 16.8 Å². The van der Waals surface area contributed by atoms with Crippen molar-refractivity contribution in [3.8, 4) is 0 Å². The molecule has 100 valence electrons. The lowest BCUT2D eigenvalue weighted by atomic mass is 10.0. The van der Waals surface area contributed by atoms with Crippen LogP contribution in [0.1, 0.15) is 44.0 Å². The molecule has 0 heterocycles. The first kappa shape index (κ1) is 14.4. The smallest absolute Gasteiger partial charge is 0.250 e. The number of hydrogen-bond donors (Lipinski definition) is 3. The third-order valence-corrected chi connectivity index (χ3v) is 2.95. The zero-order valence-electron chi connectivity index (χ0n) is 11.4. The molecule has 0 aliphatic carbocycles. The van der Waals surface area contributed by atoms with Crippen LogP contribution in [0.15, 0.2) is 18.2 Å². The van der Waals surface area contributed by atoms with Crippen LogP contribution in [0.3, 0.4) is 0 Å². The molecule has 4 nitrogen and oxygen atoms in total. The van der Waals surface area contributed by atoms with Gasteiger partial charge in [-0.1, -0.05) is 19.9 Å². The Morgan fingerprint density at radius 1 is 1.28 bits per heavy atom. The SMILES string of the molecule is CC(C)CCC(C)Nc1cccc(C(N)=O)c1N. The minimum absolute atomic E-state index is 0.317. The van der Waals surface area contributed by atoms with Gasteiger partial charge >= 0.3 is 0 Å². The second kappa shape index (κ2) is 6.28. The molecule has 5 N–H and O–H groups in total. The fraction of sp³-hybridized carbons (Fsp3) is 0.500. The van der Waals surface area contributed by atoms with Gasteiger partial charge in [-0.3, -0.25) is 4.79 Å². The van der Waals surface area contributed by atoms with Gasteiger partial charge in [0, 0.05) is 6.04 Å². The summed E-state index contributed by atoms with van der Waals surface area (Å²) in [5, 5.41) is 3.33. The monoisotopic (exact) mass is 249 g/mol. The number of amides is 1. The molecule has 18 heavy (non-hydrogen) atoms. The second-order valence-electron chi connectivity index (χ2n) is 5.15. The van der Waals surface area contributed by atoms with Crippen LogP contribution >= 0.6 is 0 Å². The van der Waals surface area contributed by atoms with Gasteiger partial charge in [0.1, 0.15) is 0 Å². The molecule has 0 radical (unpaired) electrons. The first-order valence-corrected chi connectivity index (χ1v) is 6.36. The number of nitrogens with one attached hydrogen (secondary N) is 1. The van der Waals surface area contributed by atoms with E-state index in [2.05, 4.69) is 26.1 Å². The topological polar surface area (TPSA) is 81.1 Å². The number of hydrogen-bond acceptors (Lipinski definition) is 3. The highest BCUT2D eigenvalue weighted by Crippen LogP contribution is 2.24. The van der Waals surface area contributed by atoms with Crippen LogP contribution < -0.4 is 16.8 Å². The molecular weight excluding hydrogens is 226 g/mol. The molecule has 1 rings (SSSR count). The third-order valence-electron chi connectivity index (χ3n) is 2.95. The Morgan fingerprint density at radius 3 is 2.50 bits per heavy atom. The number of anilines is 2. The molecule has 0 bridgehead atoms. The van der Waals surface area contributed by atoms with Gasteiger partial charge in [0.2, 0.25) is 0 Å². The maximum Gasteiger partial charge on any atom is 0.250 e. The predicted molar refractivity (Wildman–Crippen MR) is 76.5 cm³/mol. The van der Waals surface area contributed by atoms with E-state index in [1.54, 1.807) is 12.1 Å². The highest BCUT2D eigenvalue weighted by atomic mass is 16.1. The fourth-order valence-electron chi connectivity index (χ4n) is 1.83. The molecule has 1 atom stereocenters. The van der Waals surface area contributed by atoms with E-state index in [1.807, 2.05) is 6.07 Å². The molecule has 0 aliphatic rings.